The molecule has 0 amide bonds. The van der Waals surface area contributed by atoms with E-state index in [0.29, 0.717) is 17.0 Å². The van der Waals surface area contributed by atoms with E-state index in [0.717, 1.165) is 35.2 Å². The molecule has 2 aromatic carbocycles. The molecule has 0 saturated heterocycles. The first-order valence-corrected chi connectivity index (χ1v) is 9.76. The standard InChI is InChI=1S/C19H20N2O4S/c1-12-4-6-14(7-5-12)26(22,23)21-11-13-8-9-20-15-10-16(24-2)19(25-3)18(21)17(13)15/h4-7,10-11,20H,8-9H2,1-3H3. The smallest absolute Gasteiger partial charge is 0.268 e. The lowest BCUT2D eigenvalue weighted by Crippen LogP contribution is -2.12. The number of benzene rings is 2. The van der Waals surface area contributed by atoms with Crippen LogP contribution in [0.2, 0.25) is 0 Å². The van der Waals surface area contributed by atoms with Crippen LogP contribution in [0.1, 0.15) is 11.1 Å². The van der Waals surface area contributed by atoms with E-state index < -0.39 is 10.0 Å². The Hall–Kier alpha value is -2.67. The van der Waals surface area contributed by atoms with E-state index in [2.05, 4.69) is 5.32 Å². The second kappa shape index (κ2) is 5.95. The molecule has 0 atom stereocenters. The first-order chi connectivity index (χ1) is 12.5. The molecule has 2 heterocycles. The van der Waals surface area contributed by atoms with Crippen molar-refractivity contribution >= 4 is 26.6 Å². The number of hydrogen-bond acceptors (Lipinski definition) is 5. The SMILES string of the molecule is COc1cc2c3c(cn(S(=O)(=O)c4ccc(C)cc4)c3c1OC)CCN2. The van der Waals surface area contributed by atoms with Crippen molar-refractivity contribution in [3.8, 4) is 11.5 Å². The van der Waals surface area contributed by atoms with Crippen LogP contribution in [0.3, 0.4) is 0 Å². The topological polar surface area (TPSA) is 69.6 Å². The van der Waals surface area contributed by atoms with Gasteiger partial charge in [0.05, 0.1) is 19.1 Å². The van der Waals surface area contributed by atoms with Gasteiger partial charge in [0.2, 0.25) is 0 Å². The number of aromatic nitrogens is 1. The molecule has 0 aliphatic carbocycles. The molecule has 0 fully saturated rings. The van der Waals surface area contributed by atoms with Gasteiger partial charge in [-0.25, -0.2) is 12.4 Å². The van der Waals surface area contributed by atoms with Crippen LogP contribution in [0.15, 0.2) is 41.4 Å². The highest BCUT2D eigenvalue weighted by atomic mass is 32.2. The summed E-state index contributed by atoms with van der Waals surface area (Å²) in [7, 11) is -0.702. The summed E-state index contributed by atoms with van der Waals surface area (Å²) in [6.45, 7) is 2.67. The Morgan fingerprint density at radius 3 is 2.50 bits per heavy atom. The summed E-state index contributed by atoms with van der Waals surface area (Å²) < 4.78 is 39.0. The summed E-state index contributed by atoms with van der Waals surface area (Å²) in [6, 6.07) is 8.70. The van der Waals surface area contributed by atoms with Gasteiger partial charge in [0.15, 0.2) is 11.5 Å². The molecule has 6 nitrogen and oxygen atoms in total. The van der Waals surface area contributed by atoms with Gasteiger partial charge >= 0.3 is 0 Å². The Kier molecular flexibility index (Phi) is 3.84. The van der Waals surface area contributed by atoms with Crippen molar-refractivity contribution in [2.45, 2.75) is 18.2 Å². The number of rotatable bonds is 4. The highest BCUT2D eigenvalue weighted by molar-refractivity contribution is 7.90. The zero-order chi connectivity index (χ0) is 18.5. The van der Waals surface area contributed by atoms with Crippen molar-refractivity contribution in [2.75, 3.05) is 26.1 Å². The van der Waals surface area contributed by atoms with Crippen molar-refractivity contribution in [3.63, 3.8) is 0 Å². The van der Waals surface area contributed by atoms with Crippen LogP contribution in [-0.2, 0) is 16.4 Å². The number of aryl methyl sites for hydroxylation is 1. The first-order valence-electron chi connectivity index (χ1n) is 8.32. The monoisotopic (exact) mass is 372 g/mol. The van der Waals surface area contributed by atoms with E-state index in [-0.39, 0.29) is 4.90 Å². The molecule has 1 N–H and O–H groups in total. The number of nitrogens with one attached hydrogen (secondary N) is 1. The predicted octanol–water partition coefficient (Wildman–Crippen LogP) is 3.17. The number of anilines is 1. The summed E-state index contributed by atoms with van der Waals surface area (Å²) in [5.74, 6) is 0.909. The van der Waals surface area contributed by atoms with E-state index in [1.54, 1.807) is 37.6 Å². The van der Waals surface area contributed by atoms with Gasteiger partial charge in [0.25, 0.3) is 10.0 Å². The van der Waals surface area contributed by atoms with Gasteiger partial charge in [-0.05, 0) is 31.0 Å². The van der Waals surface area contributed by atoms with Crippen molar-refractivity contribution < 1.29 is 17.9 Å². The fraction of sp³-hybridized carbons (Fsp3) is 0.263. The number of ether oxygens (including phenoxy) is 2. The Bertz CT molecular complexity index is 1100. The summed E-state index contributed by atoms with van der Waals surface area (Å²) in [5.41, 5.74) is 3.34. The van der Waals surface area contributed by atoms with E-state index >= 15 is 0 Å². The van der Waals surface area contributed by atoms with Gasteiger partial charge in [0.1, 0.15) is 5.52 Å². The number of nitrogens with zero attached hydrogens (tertiary/aromatic N) is 1. The molecular formula is C19H20N2O4S. The van der Waals surface area contributed by atoms with E-state index in [9.17, 15) is 8.42 Å². The quantitative estimate of drug-likeness (QED) is 0.762. The second-order valence-electron chi connectivity index (χ2n) is 6.33. The van der Waals surface area contributed by atoms with Crippen molar-refractivity contribution in [1.82, 2.24) is 3.97 Å². The predicted molar refractivity (Wildman–Crippen MR) is 101 cm³/mol. The third-order valence-corrected chi connectivity index (χ3v) is 6.42. The Morgan fingerprint density at radius 1 is 1.12 bits per heavy atom. The maximum Gasteiger partial charge on any atom is 0.268 e. The Labute approximate surface area is 152 Å². The van der Waals surface area contributed by atoms with Crippen LogP contribution in [0.5, 0.6) is 11.5 Å². The molecule has 1 aliphatic rings. The van der Waals surface area contributed by atoms with Gasteiger partial charge in [-0.1, -0.05) is 17.7 Å². The maximum absolute atomic E-state index is 13.3. The van der Waals surface area contributed by atoms with Gasteiger partial charge in [-0.3, -0.25) is 0 Å². The van der Waals surface area contributed by atoms with Gasteiger partial charge < -0.3 is 14.8 Å². The summed E-state index contributed by atoms with van der Waals surface area (Å²) in [6.07, 6.45) is 2.45. The molecule has 26 heavy (non-hydrogen) atoms. The van der Waals surface area contributed by atoms with Gasteiger partial charge in [-0.2, -0.15) is 0 Å². The summed E-state index contributed by atoms with van der Waals surface area (Å²) >= 11 is 0. The Morgan fingerprint density at radius 2 is 1.85 bits per heavy atom. The lowest BCUT2D eigenvalue weighted by Gasteiger charge is -2.18. The fourth-order valence-corrected chi connectivity index (χ4v) is 4.84. The zero-order valence-electron chi connectivity index (χ0n) is 14.9. The summed E-state index contributed by atoms with van der Waals surface area (Å²) in [4.78, 5) is 0.241. The summed E-state index contributed by atoms with van der Waals surface area (Å²) in [5, 5.41) is 4.19. The molecule has 1 aromatic heterocycles. The maximum atomic E-state index is 13.3. The highest BCUT2D eigenvalue weighted by Gasteiger charge is 2.28. The molecule has 1 aliphatic heterocycles. The fourth-order valence-electron chi connectivity index (χ4n) is 3.46. The van der Waals surface area contributed by atoms with Crippen molar-refractivity contribution in [3.05, 3.63) is 47.7 Å². The molecular weight excluding hydrogens is 352 g/mol. The lowest BCUT2D eigenvalue weighted by atomic mass is 10.0. The van der Waals surface area contributed by atoms with Crippen LogP contribution in [0.4, 0.5) is 5.69 Å². The molecule has 0 spiro atoms. The van der Waals surface area contributed by atoms with Crippen LogP contribution in [0, 0.1) is 6.92 Å². The van der Waals surface area contributed by atoms with Crippen molar-refractivity contribution in [2.24, 2.45) is 0 Å². The molecule has 0 unspecified atom stereocenters. The van der Waals surface area contributed by atoms with Crippen LogP contribution in [-0.4, -0.2) is 33.2 Å². The highest BCUT2D eigenvalue weighted by Crippen LogP contribution is 2.45. The molecule has 7 heteroatoms. The van der Waals surface area contributed by atoms with Crippen LogP contribution >= 0.6 is 0 Å². The number of hydrogen-bond donors (Lipinski definition) is 1. The van der Waals surface area contributed by atoms with Crippen molar-refractivity contribution in [1.29, 1.82) is 0 Å². The van der Waals surface area contributed by atoms with Gasteiger partial charge in [-0.15, -0.1) is 0 Å². The normalized spacial score (nSPS) is 13.5. The average molecular weight is 372 g/mol. The second-order valence-corrected chi connectivity index (χ2v) is 8.14. The van der Waals surface area contributed by atoms with E-state index in [1.165, 1.54) is 11.1 Å². The molecule has 0 bridgehead atoms. The van der Waals surface area contributed by atoms with Gasteiger partial charge in [0, 0.05) is 29.9 Å². The van der Waals surface area contributed by atoms with E-state index in [4.69, 9.17) is 9.47 Å². The minimum absolute atomic E-state index is 0.241. The van der Waals surface area contributed by atoms with E-state index in [1.807, 2.05) is 13.0 Å². The minimum atomic E-state index is -3.76. The van der Waals surface area contributed by atoms with Crippen LogP contribution in [0.25, 0.3) is 10.9 Å². The molecule has 136 valence electrons. The number of methoxy groups -OCH3 is 2. The molecule has 3 aromatic rings. The first kappa shape index (κ1) is 16.8. The average Bonchev–Trinajstić information content (AvgIpc) is 3.04. The largest absolute Gasteiger partial charge is 0.493 e. The Balaban J connectivity index is 2.08. The lowest BCUT2D eigenvalue weighted by molar-refractivity contribution is 0.358. The third kappa shape index (κ3) is 2.34. The zero-order valence-corrected chi connectivity index (χ0v) is 15.7. The minimum Gasteiger partial charge on any atom is -0.493 e. The molecule has 0 radical (unpaired) electrons. The molecule has 0 saturated carbocycles. The van der Waals surface area contributed by atoms with Crippen LogP contribution < -0.4 is 14.8 Å². The third-order valence-electron chi connectivity index (χ3n) is 4.75. The molecule has 4 rings (SSSR count).